The van der Waals surface area contributed by atoms with Crippen LogP contribution in [0.2, 0.25) is 10.0 Å². The van der Waals surface area contributed by atoms with Crippen molar-refractivity contribution in [1.82, 2.24) is 9.62 Å². The van der Waals surface area contributed by atoms with Crippen LogP contribution in [0.1, 0.15) is 39.2 Å². The monoisotopic (exact) mass is 422 g/mol. The average molecular weight is 423 g/mol. The standard InChI is InChI=1S/C17H24Cl2N2O4S/c1-17(2,3)25-16(22)21-8-4-5-14(21)10-20-26(23,24)11-12-6-7-13(18)9-15(12)19/h6-7,9,14,20H,4-5,8,10-11H2,1-3H3. The molecule has 1 aromatic rings. The lowest BCUT2D eigenvalue weighted by Crippen LogP contribution is -2.45. The van der Waals surface area contributed by atoms with Gasteiger partial charge in [0.15, 0.2) is 0 Å². The highest BCUT2D eigenvalue weighted by molar-refractivity contribution is 7.88. The van der Waals surface area contributed by atoms with Gasteiger partial charge in [-0.15, -0.1) is 0 Å². The summed E-state index contributed by atoms with van der Waals surface area (Å²) in [6.45, 7) is 6.11. The van der Waals surface area contributed by atoms with Gasteiger partial charge in [-0.2, -0.15) is 0 Å². The Morgan fingerprint density at radius 2 is 2.04 bits per heavy atom. The molecule has 1 atom stereocenters. The lowest BCUT2D eigenvalue weighted by Gasteiger charge is -2.28. The number of hydrogen-bond donors (Lipinski definition) is 1. The summed E-state index contributed by atoms with van der Waals surface area (Å²) in [6, 6.07) is 4.47. The molecular weight excluding hydrogens is 399 g/mol. The molecule has 146 valence electrons. The van der Waals surface area contributed by atoms with Crippen LogP contribution in [0.3, 0.4) is 0 Å². The number of carbonyl (C=O) groups is 1. The minimum Gasteiger partial charge on any atom is -0.444 e. The van der Waals surface area contributed by atoms with Crippen LogP contribution in [0.5, 0.6) is 0 Å². The number of carbonyl (C=O) groups excluding carboxylic acids is 1. The molecule has 0 saturated carbocycles. The number of nitrogens with zero attached hydrogens (tertiary/aromatic N) is 1. The summed E-state index contributed by atoms with van der Waals surface area (Å²) in [6.07, 6.45) is 1.12. The zero-order chi connectivity index (χ0) is 19.5. The van der Waals surface area contributed by atoms with Gasteiger partial charge in [0.1, 0.15) is 5.60 Å². The summed E-state index contributed by atoms with van der Waals surface area (Å²) >= 11 is 11.9. The number of amides is 1. The van der Waals surface area contributed by atoms with Crippen LogP contribution in [0.15, 0.2) is 18.2 Å². The minimum absolute atomic E-state index is 0.146. The fourth-order valence-corrected chi connectivity index (χ4v) is 4.49. The normalized spacial score (nSPS) is 18.2. The molecular formula is C17H24Cl2N2O4S. The van der Waals surface area contributed by atoms with Crippen molar-refractivity contribution in [3.63, 3.8) is 0 Å². The summed E-state index contributed by atoms with van der Waals surface area (Å²) in [5.74, 6) is -0.248. The van der Waals surface area contributed by atoms with E-state index in [-0.39, 0.29) is 18.3 Å². The second kappa shape index (κ2) is 8.33. The average Bonchev–Trinajstić information content (AvgIpc) is 2.95. The molecule has 26 heavy (non-hydrogen) atoms. The number of nitrogens with one attached hydrogen (secondary N) is 1. The molecule has 1 unspecified atom stereocenters. The van der Waals surface area contributed by atoms with Crippen molar-refractivity contribution in [2.75, 3.05) is 13.1 Å². The van der Waals surface area contributed by atoms with Crippen LogP contribution in [0.4, 0.5) is 4.79 Å². The second-order valence-corrected chi connectivity index (χ2v) is 9.96. The third kappa shape index (κ3) is 6.30. The van der Waals surface area contributed by atoms with Gasteiger partial charge in [-0.25, -0.2) is 17.9 Å². The highest BCUT2D eigenvalue weighted by atomic mass is 35.5. The number of sulfonamides is 1. The SMILES string of the molecule is CC(C)(C)OC(=O)N1CCCC1CNS(=O)(=O)Cc1ccc(Cl)cc1Cl. The number of halogens is 2. The quantitative estimate of drug-likeness (QED) is 0.782. The third-order valence-corrected chi connectivity index (χ3v) is 5.79. The molecule has 0 aliphatic carbocycles. The Hall–Kier alpha value is -1.02. The first-order valence-corrected chi connectivity index (χ1v) is 10.8. The first kappa shape index (κ1) is 21.3. The Labute approximate surface area is 164 Å². The van der Waals surface area contributed by atoms with Crippen molar-refractivity contribution in [2.24, 2.45) is 0 Å². The first-order valence-electron chi connectivity index (χ1n) is 8.38. The molecule has 1 amide bonds. The fourth-order valence-electron chi connectivity index (χ4n) is 2.73. The highest BCUT2D eigenvalue weighted by Crippen LogP contribution is 2.23. The van der Waals surface area contributed by atoms with Crippen molar-refractivity contribution in [1.29, 1.82) is 0 Å². The van der Waals surface area contributed by atoms with Crippen molar-refractivity contribution in [3.8, 4) is 0 Å². The van der Waals surface area contributed by atoms with E-state index in [9.17, 15) is 13.2 Å². The zero-order valence-corrected chi connectivity index (χ0v) is 17.4. The Morgan fingerprint density at radius 3 is 2.65 bits per heavy atom. The van der Waals surface area contributed by atoms with Crippen LogP contribution in [0, 0.1) is 0 Å². The number of ether oxygens (including phenoxy) is 1. The van der Waals surface area contributed by atoms with E-state index >= 15 is 0 Å². The molecule has 1 fully saturated rings. The van der Waals surface area contributed by atoms with E-state index < -0.39 is 21.7 Å². The van der Waals surface area contributed by atoms with Gasteiger partial charge >= 0.3 is 6.09 Å². The van der Waals surface area contributed by atoms with Gasteiger partial charge in [0.2, 0.25) is 10.0 Å². The Balaban J connectivity index is 1.96. The maximum atomic E-state index is 12.4. The fraction of sp³-hybridized carbons (Fsp3) is 0.588. The van der Waals surface area contributed by atoms with E-state index in [2.05, 4.69) is 4.72 Å². The van der Waals surface area contributed by atoms with E-state index in [1.807, 2.05) is 0 Å². The van der Waals surface area contributed by atoms with Gasteiger partial charge in [-0.05, 0) is 51.3 Å². The van der Waals surface area contributed by atoms with E-state index in [0.29, 0.717) is 22.2 Å². The number of benzene rings is 1. The van der Waals surface area contributed by atoms with Gasteiger partial charge < -0.3 is 9.64 Å². The smallest absolute Gasteiger partial charge is 0.410 e. The van der Waals surface area contributed by atoms with Crippen LogP contribution >= 0.6 is 23.2 Å². The lowest BCUT2D eigenvalue weighted by atomic mass is 10.2. The Bertz CT molecular complexity index is 763. The van der Waals surface area contributed by atoms with E-state index in [0.717, 1.165) is 12.8 Å². The maximum absolute atomic E-state index is 12.4. The Morgan fingerprint density at radius 1 is 1.35 bits per heavy atom. The van der Waals surface area contributed by atoms with E-state index in [1.54, 1.807) is 37.8 Å². The first-order chi connectivity index (χ1) is 12.0. The van der Waals surface area contributed by atoms with Crippen molar-refractivity contribution >= 4 is 39.3 Å². The molecule has 9 heteroatoms. The summed E-state index contributed by atoms with van der Waals surface area (Å²) in [7, 11) is -3.60. The molecule has 0 bridgehead atoms. The highest BCUT2D eigenvalue weighted by Gasteiger charge is 2.32. The van der Waals surface area contributed by atoms with Crippen LogP contribution in [-0.2, 0) is 20.5 Å². The van der Waals surface area contributed by atoms with E-state index in [1.165, 1.54) is 6.07 Å². The predicted octanol–water partition coefficient (Wildman–Crippen LogP) is 3.81. The Kier molecular flexibility index (Phi) is 6.82. The molecule has 0 aromatic heterocycles. The van der Waals surface area contributed by atoms with Gasteiger partial charge in [0.25, 0.3) is 0 Å². The summed E-state index contributed by atoms with van der Waals surface area (Å²) < 4.78 is 32.7. The molecule has 1 aliphatic rings. The number of rotatable bonds is 5. The van der Waals surface area contributed by atoms with Crippen LogP contribution in [-0.4, -0.2) is 44.1 Å². The second-order valence-electron chi connectivity index (χ2n) is 7.31. The van der Waals surface area contributed by atoms with Gasteiger partial charge in [0.05, 0.1) is 5.75 Å². The summed E-state index contributed by atoms with van der Waals surface area (Å²) in [5, 5.41) is 0.752. The van der Waals surface area contributed by atoms with Crippen molar-refractivity contribution in [3.05, 3.63) is 33.8 Å². The maximum Gasteiger partial charge on any atom is 0.410 e. The number of likely N-dealkylation sites (tertiary alicyclic amines) is 1. The zero-order valence-electron chi connectivity index (χ0n) is 15.1. The number of hydrogen-bond acceptors (Lipinski definition) is 4. The molecule has 1 heterocycles. The van der Waals surface area contributed by atoms with E-state index in [4.69, 9.17) is 27.9 Å². The minimum atomic E-state index is -3.60. The molecule has 2 rings (SSSR count). The lowest BCUT2D eigenvalue weighted by molar-refractivity contribution is 0.0229. The molecule has 1 aliphatic heterocycles. The van der Waals surface area contributed by atoms with Gasteiger partial charge in [0, 0.05) is 29.2 Å². The molecule has 0 spiro atoms. The largest absolute Gasteiger partial charge is 0.444 e. The van der Waals surface area contributed by atoms with Crippen LogP contribution < -0.4 is 4.72 Å². The molecule has 1 aromatic carbocycles. The topological polar surface area (TPSA) is 75.7 Å². The van der Waals surface area contributed by atoms with Crippen molar-refractivity contribution in [2.45, 2.75) is 51.0 Å². The van der Waals surface area contributed by atoms with Crippen LogP contribution in [0.25, 0.3) is 0 Å². The predicted molar refractivity (Wildman–Crippen MR) is 103 cm³/mol. The summed E-state index contributed by atoms with van der Waals surface area (Å²) in [4.78, 5) is 13.8. The van der Waals surface area contributed by atoms with Gasteiger partial charge in [-0.1, -0.05) is 29.3 Å². The van der Waals surface area contributed by atoms with Gasteiger partial charge in [-0.3, -0.25) is 0 Å². The molecule has 1 saturated heterocycles. The molecule has 6 nitrogen and oxygen atoms in total. The molecule has 0 radical (unpaired) electrons. The summed E-state index contributed by atoms with van der Waals surface area (Å²) in [5.41, 5.74) is -0.117. The third-order valence-electron chi connectivity index (χ3n) is 3.90. The van der Waals surface area contributed by atoms with Crippen molar-refractivity contribution < 1.29 is 17.9 Å². The molecule has 1 N–H and O–H groups in total.